The van der Waals surface area contributed by atoms with Crippen LogP contribution in [0.3, 0.4) is 0 Å². The molecule has 0 atom stereocenters. The summed E-state index contributed by atoms with van der Waals surface area (Å²) < 4.78 is 5.95. The van der Waals surface area contributed by atoms with Gasteiger partial charge in [0.1, 0.15) is 11.3 Å². The van der Waals surface area contributed by atoms with Gasteiger partial charge < -0.3 is 9.73 Å². The summed E-state index contributed by atoms with van der Waals surface area (Å²) in [5, 5.41) is 4.26. The van der Waals surface area contributed by atoms with Gasteiger partial charge in [0.25, 0.3) is 0 Å². The van der Waals surface area contributed by atoms with E-state index in [0.29, 0.717) is 23.2 Å². The Bertz CT molecular complexity index is 1340. The van der Waals surface area contributed by atoms with E-state index in [0.717, 1.165) is 46.5 Å². The van der Waals surface area contributed by atoms with Gasteiger partial charge in [0.15, 0.2) is 22.9 Å². The standard InChI is InChI=1S/C22H16N6O/c1-2-16-20(24-9-1)27-19(13-7-10-23-11-8-13)28-21(16)25-15-5-6-17-18(12-15)29-22(26-17)14-3-4-14/h1-2,5-12,14H,3-4H2,(H,24,25,27,28). The lowest BCUT2D eigenvalue weighted by atomic mass is 10.2. The fraction of sp³-hybridized carbons (Fsp3) is 0.136. The number of fused-ring (bicyclic) bond motifs is 2. The van der Waals surface area contributed by atoms with Crippen molar-refractivity contribution in [1.82, 2.24) is 24.9 Å². The Labute approximate surface area is 165 Å². The summed E-state index contributed by atoms with van der Waals surface area (Å²) in [4.78, 5) is 22.4. The van der Waals surface area contributed by atoms with Gasteiger partial charge in [-0.3, -0.25) is 4.98 Å². The monoisotopic (exact) mass is 380 g/mol. The molecule has 6 rings (SSSR count). The van der Waals surface area contributed by atoms with Crippen molar-refractivity contribution in [3.05, 3.63) is 66.9 Å². The Morgan fingerprint density at radius 3 is 2.69 bits per heavy atom. The number of nitrogens with one attached hydrogen (secondary N) is 1. The summed E-state index contributed by atoms with van der Waals surface area (Å²) >= 11 is 0. The van der Waals surface area contributed by atoms with Gasteiger partial charge in [-0.2, -0.15) is 0 Å². The molecule has 4 heterocycles. The number of hydrogen-bond acceptors (Lipinski definition) is 7. The fourth-order valence-electron chi connectivity index (χ4n) is 3.35. The van der Waals surface area contributed by atoms with Crippen LogP contribution in [0.5, 0.6) is 0 Å². The molecule has 0 bridgehead atoms. The third-order valence-electron chi connectivity index (χ3n) is 5.00. The topological polar surface area (TPSA) is 89.6 Å². The molecule has 1 aromatic carbocycles. The predicted molar refractivity (Wildman–Crippen MR) is 110 cm³/mol. The number of nitrogens with zero attached hydrogens (tertiary/aromatic N) is 5. The molecule has 140 valence electrons. The number of hydrogen-bond donors (Lipinski definition) is 1. The first-order valence-corrected chi connectivity index (χ1v) is 9.54. The highest BCUT2D eigenvalue weighted by Crippen LogP contribution is 2.41. The highest BCUT2D eigenvalue weighted by atomic mass is 16.3. The normalized spacial score (nSPS) is 13.8. The number of aromatic nitrogens is 5. The second-order valence-corrected chi connectivity index (χ2v) is 7.14. The molecule has 0 spiro atoms. The van der Waals surface area contributed by atoms with Gasteiger partial charge >= 0.3 is 0 Å². The first-order valence-electron chi connectivity index (χ1n) is 9.54. The van der Waals surface area contributed by atoms with Crippen LogP contribution in [0.25, 0.3) is 33.5 Å². The smallest absolute Gasteiger partial charge is 0.198 e. The van der Waals surface area contributed by atoms with E-state index in [1.54, 1.807) is 18.6 Å². The minimum absolute atomic E-state index is 0.485. The molecule has 29 heavy (non-hydrogen) atoms. The summed E-state index contributed by atoms with van der Waals surface area (Å²) in [6, 6.07) is 13.5. The van der Waals surface area contributed by atoms with E-state index in [1.807, 2.05) is 42.5 Å². The molecule has 1 N–H and O–H groups in total. The number of anilines is 2. The fourth-order valence-corrected chi connectivity index (χ4v) is 3.35. The van der Waals surface area contributed by atoms with Crippen molar-refractivity contribution in [3.8, 4) is 11.4 Å². The number of pyridine rings is 2. The van der Waals surface area contributed by atoms with Crippen LogP contribution in [0.2, 0.25) is 0 Å². The summed E-state index contributed by atoms with van der Waals surface area (Å²) in [6.07, 6.45) is 7.51. The highest BCUT2D eigenvalue weighted by Gasteiger charge is 2.28. The van der Waals surface area contributed by atoms with Crippen molar-refractivity contribution in [2.45, 2.75) is 18.8 Å². The zero-order chi connectivity index (χ0) is 19.2. The van der Waals surface area contributed by atoms with E-state index in [2.05, 4.69) is 25.3 Å². The molecule has 1 aliphatic rings. The first kappa shape index (κ1) is 16.1. The van der Waals surface area contributed by atoms with Crippen LogP contribution in [0.15, 0.2) is 65.5 Å². The van der Waals surface area contributed by atoms with E-state index in [1.165, 1.54) is 0 Å². The van der Waals surface area contributed by atoms with E-state index < -0.39 is 0 Å². The van der Waals surface area contributed by atoms with E-state index >= 15 is 0 Å². The molecule has 1 saturated carbocycles. The van der Waals surface area contributed by atoms with Gasteiger partial charge in [-0.15, -0.1) is 0 Å². The second kappa shape index (κ2) is 6.34. The molecule has 0 saturated heterocycles. The van der Waals surface area contributed by atoms with Crippen molar-refractivity contribution < 1.29 is 4.42 Å². The third kappa shape index (κ3) is 2.97. The van der Waals surface area contributed by atoms with Gasteiger partial charge in [0.05, 0.1) is 5.39 Å². The molecular formula is C22H16N6O. The summed E-state index contributed by atoms with van der Waals surface area (Å²) in [5.74, 6) is 2.61. The summed E-state index contributed by atoms with van der Waals surface area (Å²) in [5.41, 5.74) is 4.05. The minimum Gasteiger partial charge on any atom is -0.440 e. The lowest BCUT2D eigenvalue weighted by Gasteiger charge is -2.10. The van der Waals surface area contributed by atoms with Crippen LogP contribution in [-0.4, -0.2) is 24.9 Å². The quantitative estimate of drug-likeness (QED) is 0.477. The van der Waals surface area contributed by atoms with Crippen molar-refractivity contribution in [2.24, 2.45) is 0 Å². The molecule has 1 fully saturated rings. The van der Waals surface area contributed by atoms with Gasteiger partial charge in [-0.05, 0) is 49.2 Å². The maximum Gasteiger partial charge on any atom is 0.198 e. The molecule has 0 amide bonds. The average molecular weight is 380 g/mol. The molecule has 1 aliphatic carbocycles. The molecular weight excluding hydrogens is 364 g/mol. The summed E-state index contributed by atoms with van der Waals surface area (Å²) in [6.45, 7) is 0. The van der Waals surface area contributed by atoms with Crippen LogP contribution in [-0.2, 0) is 0 Å². The Balaban J connectivity index is 1.44. The minimum atomic E-state index is 0.485. The molecule has 7 nitrogen and oxygen atoms in total. The largest absolute Gasteiger partial charge is 0.440 e. The number of oxazole rings is 1. The number of rotatable bonds is 4. The van der Waals surface area contributed by atoms with Crippen molar-refractivity contribution in [3.63, 3.8) is 0 Å². The second-order valence-electron chi connectivity index (χ2n) is 7.14. The Kier molecular flexibility index (Phi) is 3.52. The van der Waals surface area contributed by atoms with E-state index in [4.69, 9.17) is 9.40 Å². The van der Waals surface area contributed by atoms with E-state index in [-0.39, 0.29) is 0 Å². The first-order chi connectivity index (χ1) is 14.3. The van der Waals surface area contributed by atoms with Crippen LogP contribution in [0.4, 0.5) is 11.5 Å². The maximum absolute atomic E-state index is 5.95. The van der Waals surface area contributed by atoms with Crippen LogP contribution < -0.4 is 5.32 Å². The molecule has 7 heteroatoms. The maximum atomic E-state index is 5.95. The van der Waals surface area contributed by atoms with Crippen LogP contribution >= 0.6 is 0 Å². The molecule has 0 aliphatic heterocycles. The van der Waals surface area contributed by atoms with Gasteiger partial charge in [-0.25, -0.2) is 19.9 Å². The van der Waals surface area contributed by atoms with E-state index in [9.17, 15) is 0 Å². The third-order valence-corrected chi connectivity index (χ3v) is 5.00. The molecule has 4 aromatic heterocycles. The SMILES string of the molecule is c1cnc2nc(-c3ccncc3)nc(Nc3ccc4nc(C5CC5)oc4c3)c2c1. The number of benzene rings is 1. The van der Waals surface area contributed by atoms with Crippen LogP contribution in [0.1, 0.15) is 24.7 Å². The Morgan fingerprint density at radius 2 is 1.83 bits per heavy atom. The molecule has 0 unspecified atom stereocenters. The van der Waals surface area contributed by atoms with Crippen molar-refractivity contribution in [1.29, 1.82) is 0 Å². The average Bonchev–Trinajstić information content (AvgIpc) is 3.53. The lowest BCUT2D eigenvalue weighted by molar-refractivity contribution is 0.533. The van der Waals surface area contributed by atoms with Crippen molar-refractivity contribution >= 4 is 33.6 Å². The van der Waals surface area contributed by atoms with Crippen LogP contribution in [0, 0.1) is 0 Å². The van der Waals surface area contributed by atoms with Crippen molar-refractivity contribution in [2.75, 3.05) is 5.32 Å². The Hall–Kier alpha value is -3.87. The predicted octanol–water partition coefficient (Wildman–Crippen LogP) is 4.85. The zero-order valence-corrected chi connectivity index (χ0v) is 15.4. The zero-order valence-electron chi connectivity index (χ0n) is 15.4. The lowest BCUT2D eigenvalue weighted by Crippen LogP contribution is -2.00. The van der Waals surface area contributed by atoms with Gasteiger partial charge in [0, 0.05) is 41.8 Å². The molecule has 0 radical (unpaired) electrons. The highest BCUT2D eigenvalue weighted by molar-refractivity contribution is 5.90. The van der Waals surface area contributed by atoms with Gasteiger partial charge in [0.2, 0.25) is 0 Å². The summed E-state index contributed by atoms with van der Waals surface area (Å²) in [7, 11) is 0. The Morgan fingerprint density at radius 1 is 0.931 bits per heavy atom. The molecule has 5 aromatic rings. The van der Waals surface area contributed by atoms with Gasteiger partial charge in [-0.1, -0.05) is 0 Å².